The van der Waals surface area contributed by atoms with Crippen LogP contribution >= 0.6 is 11.7 Å². The fraction of sp³-hybridized carbons (Fsp3) is 0.364. The molecular formula is C22H23N5O8S2. The summed E-state index contributed by atoms with van der Waals surface area (Å²) in [6.45, 7) is 1.01. The zero-order valence-corrected chi connectivity index (χ0v) is 21.5. The van der Waals surface area contributed by atoms with Crippen LogP contribution < -0.4 is 10.1 Å². The minimum Gasteiger partial charge on any atom is -0.490 e. The Morgan fingerprint density at radius 2 is 2.05 bits per heavy atom. The molecule has 13 nitrogen and oxygen atoms in total. The van der Waals surface area contributed by atoms with E-state index in [4.69, 9.17) is 9.47 Å². The first-order valence-corrected chi connectivity index (χ1v) is 13.3. The van der Waals surface area contributed by atoms with Crippen molar-refractivity contribution in [2.24, 2.45) is 0 Å². The lowest BCUT2D eigenvalue weighted by Crippen LogP contribution is -2.49. The Hall–Kier alpha value is -3.69. The molecule has 0 bridgehead atoms. The van der Waals surface area contributed by atoms with Crippen LogP contribution in [-0.2, 0) is 24.3 Å². The summed E-state index contributed by atoms with van der Waals surface area (Å²) in [4.78, 5) is 35.9. The number of nitro benzene ring substituents is 1. The molecular weight excluding hydrogens is 526 g/mol. The molecule has 1 fully saturated rings. The predicted octanol–water partition coefficient (Wildman–Crippen LogP) is 2.64. The van der Waals surface area contributed by atoms with Gasteiger partial charge in [-0.3, -0.25) is 19.7 Å². The number of hydrogen-bond acceptors (Lipinski definition) is 11. The van der Waals surface area contributed by atoms with Crippen LogP contribution in [0.1, 0.15) is 24.8 Å². The SMILES string of the molecule is COc1cc(NC(=O)COC(=O)C2CCCCN2S(=O)(=O)c2cccc3nsnc23)c(C)cc1[N+](=O)[O-]. The van der Waals surface area contributed by atoms with E-state index in [9.17, 15) is 28.1 Å². The molecule has 0 spiro atoms. The molecule has 0 saturated carbocycles. The number of amides is 1. The highest BCUT2D eigenvalue weighted by Crippen LogP contribution is 2.33. The molecule has 1 saturated heterocycles. The monoisotopic (exact) mass is 549 g/mol. The summed E-state index contributed by atoms with van der Waals surface area (Å²) in [5.41, 5.74) is 1.07. The number of anilines is 1. The van der Waals surface area contributed by atoms with Crippen molar-refractivity contribution in [2.45, 2.75) is 37.1 Å². The number of carbonyl (C=O) groups excluding carboxylic acids is 2. The van der Waals surface area contributed by atoms with Crippen molar-refractivity contribution in [1.29, 1.82) is 0 Å². The lowest BCUT2D eigenvalue weighted by molar-refractivity contribution is -0.385. The van der Waals surface area contributed by atoms with E-state index in [0.29, 0.717) is 23.9 Å². The molecule has 1 aliphatic heterocycles. The Bertz CT molecular complexity index is 1470. The number of aryl methyl sites for hydroxylation is 1. The summed E-state index contributed by atoms with van der Waals surface area (Å²) in [5, 5.41) is 13.7. The van der Waals surface area contributed by atoms with E-state index in [-0.39, 0.29) is 40.5 Å². The topological polar surface area (TPSA) is 171 Å². The van der Waals surface area contributed by atoms with E-state index in [1.807, 2.05) is 0 Å². The van der Waals surface area contributed by atoms with E-state index in [1.54, 1.807) is 19.1 Å². The number of esters is 1. The normalized spacial score (nSPS) is 16.3. The molecule has 37 heavy (non-hydrogen) atoms. The third-order valence-electron chi connectivity index (χ3n) is 5.90. The van der Waals surface area contributed by atoms with Gasteiger partial charge in [-0.15, -0.1) is 0 Å². The van der Waals surface area contributed by atoms with Crippen molar-refractivity contribution in [2.75, 3.05) is 25.6 Å². The molecule has 2 aromatic carbocycles. The summed E-state index contributed by atoms with van der Waals surface area (Å²) in [6.07, 6.45) is 1.42. The fourth-order valence-corrected chi connectivity index (χ4v) is 6.48. The van der Waals surface area contributed by atoms with Crippen LogP contribution in [0.15, 0.2) is 35.2 Å². The number of aromatic nitrogens is 2. The summed E-state index contributed by atoms with van der Waals surface area (Å²) in [7, 11) is -2.83. The molecule has 1 N–H and O–H groups in total. The van der Waals surface area contributed by atoms with Gasteiger partial charge in [-0.2, -0.15) is 13.1 Å². The quantitative estimate of drug-likeness (QED) is 0.250. The van der Waals surface area contributed by atoms with Gasteiger partial charge < -0.3 is 14.8 Å². The van der Waals surface area contributed by atoms with Crippen molar-refractivity contribution >= 4 is 56.0 Å². The second kappa shape index (κ2) is 10.7. The number of hydrogen-bond donors (Lipinski definition) is 1. The maximum Gasteiger partial charge on any atom is 0.324 e. The summed E-state index contributed by atoms with van der Waals surface area (Å²) in [6, 6.07) is 6.09. The largest absolute Gasteiger partial charge is 0.490 e. The highest BCUT2D eigenvalue weighted by atomic mass is 32.2. The smallest absolute Gasteiger partial charge is 0.324 e. The molecule has 1 atom stereocenters. The first-order valence-electron chi connectivity index (χ1n) is 11.2. The van der Waals surface area contributed by atoms with Crippen LogP contribution in [-0.4, -0.2) is 64.6 Å². The average Bonchev–Trinajstić information content (AvgIpc) is 3.37. The van der Waals surface area contributed by atoms with Gasteiger partial charge in [0.1, 0.15) is 22.0 Å². The molecule has 1 aromatic heterocycles. The number of nitrogens with one attached hydrogen (secondary N) is 1. The van der Waals surface area contributed by atoms with Crippen molar-refractivity contribution in [3.8, 4) is 5.75 Å². The zero-order valence-electron chi connectivity index (χ0n) is 19.9. The Balaban J connectivity index is 1.46. The zero-order chi connectivity index (χ0) is 26.7. The number of methoxy groups -OCH3 is 1. The number of carbonyl (C=O) groups is 2. The van der Waals surface area contributed by atoms with Crippen molar-refractivity contribution in [3.05, 3.63) is 46.0 Å². The van der Waals surface area contributed by atoms with Crippen molar-refractivity contribution < 1.29 is 32.4 Å². The number of fused-ring (bicyclic) bond motifs is 1. The van der Waals surface area contributed by atoms with Gasteiger partial charge in [0.15, 0.2) is 12.4 Å². The molecule has 2 heterocycles. The van der Waals surface area contributed by atoms with Crippen molar-refractivity contribution in [3.63, 3.8) is 0 Å². The second-order valence-electron chi connectivity index (χ2n) is 8.27. The fourth-order valence-electron chi connectivity index (χ4n) is 4.08. The van der Waals surface area contributed by atoms with Gasteiger partial charge in [0.25, 0.3) is 5.91 Å². The highest BCUT2D eigenvalue weighted by Gasteiger charge is 2.40. The molecule has 3 aromatic rings. The lowest BCUT2D eigenvalue weighted by Gasteiger charge is -2.32. The van der Waals surface area contributed by atoms with Gasteiger partial charge in [0.05, 0.1) is 23.8 Å². The molecule has 1 aliphatic rings. The molecule has 0 aliphatic carbocycles. The number of rotatable bonds is 8. The number of ether oxygens (including phenoxy) is 2. The third-order valence-corrected chi connectivity index (χ3v) is 8.39. The molecule has 0 radical (unpaired) electrons. The summed E-state index contributed by atoms with van der Waals surface area (Å²) < 4.78 is 46.4. The van der Waals surface area contributed by atoms with Gasteiger partial charge in [-0.1, -0.05) is 6.07 Å². The van der Waals surface area contributed by atoms with Crippen LogP contribution in [0.3, 0.4) is 0 Å². The first kappa shape index (κ1) is 26.4. The third kappa shape index (κ3) is 5.38. The number of sulfonamides is 1. The molecule has 196 valence electrons. The Morgan fingerprint density at radius 1 is 1.27 bits per heavy atom. The summed E-state index contributed by atoms with van der Waals surface area (Å²) in [5.74, 6) is -1.59. The van der Waals surface area contributed by atoms with E-state index in [1.165, 1.54) is 25.3 Å². The maximum atomic E-state index is 13.5. The maximum absolute atomic E-state index is 13.5. The predicted molar refractivity (Wildman–Crippen MR) is 133 cm³/mol. The molecule has 15 heteroatoms. The minimum absolute atomic E-state index is 0.0428. The Morgan fingerprint density at radius 3 is 2.78 bits per heavy atom. The van der Waals surface area contributed by atoms with Crippen LogP contribution in [0, 0.1) is 17.0 Å². The van der Waals surface area contributed by atoms with Crippen LogP contribution in [0.2, 0.25) is 0 Å². The average molecular weight is 550 g/mol. The van der Waals surface area contributed by atoms with E-state index >= 15 is 0 Å². The van der Waals surface area contributed by atoms with E-state index in [0.717, 1.165) is 16.0 Å². The van der Waals surface area contributed by atoms with Gasteiger partial charge in [0, 0.05) is 24.4 Å². The van der Waals surface area contributed by atoms with E-state index < -0.39 is 39.5 Å². The molecule has 4 rings (SSSR count). The standard InChI is InChI=1S/C22H23N5O8S2/c1-13-10-17(27(30)31)18(34-2)11-15(13)23-20(28)12-35-22(29)16-7-3-4-9-26(16)37(32,33)19-8-5-6-14-21(19)25-36-24-14/h5-6,8,10-11,16H,3-4,7,9,12H2,1-2H3,(H,23,28). The minimum atomic E-state index is -4.10. The lowest BCUT2D eigenvalue weighted by atomic mass is 10.1. The van der Waals surface area contributed by atoms with Gasteiger partial charge in [-0.05, 0) is 43.9 Å². The van der Waals surface area contributed by atoms with Crippen LogP contribution in [0.25, 0.3) is 11.0 Å². The van der Waals surface area contributed by atoms with E-state index in [2.05, 4.69) is 14.1 Å². The van der Waals surface area contributed by atoms with Crippen molar-refractivity contribution in [1.82, 2.24) is 13.1 Å². The second-order valence-corrected chi connectivity index (χ2v) is 10.7. The number of piperidine rings is 1. The van der Waals surface area contributed by atoms with Crippen LogP contribution in [0.4, 0.5) is 11.4 Å². The number of nitro groups is 1. The number of nitrogens with zero attached hydrogens (tertiary/aromatic N) is 4. The number of benzene rings is 2. The summed E-state index contributed by atoms with van der Waals surface area (Å²) >= 11 is 0.894. The van der Waals surface area contributed by atoms with Gasteiger partial charge >= 0.3 is 11.7 Å². The van der Waals surface area contributed by atoms with Crippen LogP contribution in [0.5, 0.6) is 5.75 Å². The Kier molecular flexibility index (Phi) is 7.65. The molecule has 1 amide bonds. The molecule has 1 unspecified atom stereocenters. The van der Waals surface area contributed by atoms with Gasteiger partial charge in [-0.25, -0.2) is 8.42 Å². The Labute approximate surface area is 215 Å². The highest BCUT2D eigenvalue weighted by molar-refractivity contribution is 7.89. The van der Waals surface area contributed by atoms with Gasteiger partial charge in [0.2, 0.25) is 10.0 Å². The first-order chi connectivity index (χ1) is 17.6.